The Hall–Kier alpha value is -4.82. The zero-order chi connectivity index (χ0) is 34.1. The van der Waals surface area contributed by atoms with Crippen LogP contribution in [0.3, 0.4) is 0 Å². The third kappa shape index (κ3) is 6.24. The number of hydrogen-bond acceptors (Lipinski definition) is 5. The van der Waals surface area contributed by atoms with E-state index < -0.39 is 29.0 Å². The highest BCUT2D eigenvalue weighted by molar-refractivity contribution is 6.38. The van der Waals surface area contributed by atoms with Gasteiger partial charge in [-0.3, -0.25) is 9.59 Å². The molecule has 1 aliphatic carbocycles. The highest BCUT2D eigenvalue weighted by Gasteiger charge is 2.23. The molecule has 1 saturated carbocycles. The number of carbonyl (C=O) groups is 2. The molecule has 3 aromatic heterocycles. The summed E-state index contributed by atoms with van der Waals surface area (Å²) >= 11 is 6.90. The van der Waals surface area contributed by atoms with Crippen LogP contribution in [0, 0.1) is 30.9 Å². The van der Waals surface area contributed by atoms with Crippen molar-refractivity contribution < 1.29 is 23.1 Å². The van der Waals surface area contributed by atoms with Crippen LogP contribution < -0.4 is 10.6 Å². The van der Waals surface area contributed by atoms with Crippen LogP contribution in [0.5, 0.6) is 0 Å². The van der Waals surface area contributed by atoms with Gasteiger partial charge in [-0.15, -0.1) is 6.42 Å². The summed E-state index contributed by atoms with van der Waals surface area (Å²) in [7, 11) is 3.60. The van der Waals surface area contributed by atoms with E-state index in [1.54, 1.807) is 42.0 Å². The summed E-state index contributed by atoms with van der Waals surface area (Å²) in [4.78, 5) is 30.7. The zero-order valence-corrected chi connectivity index (χ0v) is 27.5. The van der Waals surface area contributed by atoms with Crippen LogP contribution >= 0.6 is 11.6 Å². The van der Waals surface area contributed by atoms with Gasteiger partial charge < -0.3 is 24.3 Å². The average molecular weight is 670 g/mol. The number of hydrogen-bond donors (Lipinski definition) is 2. The predicted octanol–water partition coefficient (Wildman–Crippen LogP) is 6.99. The Balaban J connectivity index is 1.21. The first-order chi connectivity index (χ1) is 23.1. The minimum Gasteiger partial charge on any atom is -0.381 e. The maximum atomic E-state index is 15.1. The van der Waals surface area contributed by atoms with E-state index in [0.29, 0.717) is 45.3 Å². The first kappa shape index (κ1) is 33.1. The molecule has 5 aromatic rings. The smallest absolute Gasteiger partial charge is 0.248 e. The molecule has 11 heteroatoms. The molecular formula is C37H34ClF2N5O3. The number of halogens is 3. The molecular weight excluding hydrogens is 636 g/mol. The number of imidazole rings is 1. The van der Waals surface area contributed by atoms with Crippen LogP contribution in [-0.2, 0) is 16.6 Å². The number of aromatic nitrogens is 3. The van der Waals surface area contributed by atoms with Gasteiger partial charge in [0.15, 0.2) is 0 Å². The highest BCUT2D eigenvalue weighted by Crippen LogP contribution is 2.39. The second-order valence-electron chi connectivity index (χ2n) is 11.9. The van der Waals surface area contributed by atoms with Gasteiger partial charge in [-0.05, 0) is 69.0 Å². The number of rotatable bonds is 9. The highest BCUT2D eigenvalue weighted by atomic mass is 35.5. The predicted molar refractivity (Wildman–Crippen MR) is 183 cm³/mol. The molecule has 0 radical (unpaired) electrons. The van der Waals surface area contributed by atoms with Gasteiger partial charge >= 0.3 is 0 Å². The molecule has 0 spiro atoms. The standard InChI is InChI=1S/C37H34ClF2N5O3/c1-5-22-20-31-36(42-21(2)44(31)3)34(38)33(22)26-8-7-17-45-29(26)14-15-30(45)37(47)23-18-27(39)35(28(40)19-23)43-32(46)9-6-16-41-24-10-12-25(48-4)13-11-24/h1,6-9,14-15,17-20,24-25,41H,10-13,16H2,2-4H3,(H,43,46)/b9-6+. The maximum absolute atomic E-state index is 15.1. The second kappa shape index (κ2) is 13.7. The van der Waals surface area contributed by atoms with Crippen molar-refractivity contribution in [3.8, 4) is 23.5 Å². The lowest BCUT2D eigenvalue weighted by Crippen LogP contribution is -2.35. The molecule has 1 amide bonds. The number of aryl methyl sites for hydroxylation is 2. The van der Waals surface area contributed by atoms with Gasteiger partial charge in [0.2, 0.25) is 11.7 Å². The first-order valence-electron chi connectivity index (χ1n) is 15.6. The Labute approximate surface area is 281 Å². The first-order valence-corrected chi connectivity index (χ1v) is 16.0. The third-order valence-corrected chi connectivity index (χ3v) is 9.41. The Morgan fingerprint density at radius 1 is 1.12 bits per heavy atom. The fraction of sp³-hybridized carbons (Fsp3) is 0.270. The minimum absolute atomic E-state index is 0.168. The number of pyridine rings is 1. The van der Waals surface area contributed by atoms with Crippen molar-refractivity contribution in [2.75, 3.05) is 19.0 Å². The molecule has 8 nitrogen and oxygen atoms in total. The number of terminal acetylenes is 1. The monoisotopic (exact) mass is 669 g/mol. The Bertz CT molecular complexity index is 2110. The molecule has 2 N–H and O–H groups in total. The second-order valence-corrected chi connectivity index (χ2v) is 12.3. The molecule has 0 bridgehead atoms. The molecule has 48 heavy (non-hydrogen) atoms. The van der Waals surface area contributed by atoms with Crippen molar-refractivity contribution in [1.29, 1.82) is 0 Å². The zero-order valence-electron chi connectivity index (χ0n) is 26.7. The van der Waals surface area contributed by atoms with E-state index >= 15 is 8.78 Å². The summed E-state index contributed by atoms with van der Waals surface area (Å²) in [6.45, 7) is 2.31. The molecule has 3 heterocycles. The summed E-state index contributed by atoms with van der Waals surface area (Å²) in [6, 6.07) is 10.9. The molecule has 6 rings (SSSR count). The third-order valence-electron chi connectivity index (χ3n) is 9.04. The molecule has 0 unspecified atom stereocenters. The van der Waals surface area contributed by atoms with E-state index in [9.17, 15) is 9.59 Å². The average Bonchev–Trinajstić information content (AvgIpc) is 3.65. The lowest BCUT2D eigenvalue weighted by Gasteiger charge is -2.27. The maximum Gasteiger partial charge on any atom is 0.248 e. The van der Waals surface area contributed by atoms with Crippen molar-refractivity contribution in [2.24, 2.45) is 7.05 Å². The number of anilines is 1. The molecule has 0 aliphatic heterocycles. The van der Waals surface area contributed by atoms with E-state index in [0.717, 1.165) is 49.2 Å². The van der Waals surface area contributed by atoms with E-state index in [2.05, 4.69) is 21.5 Å². The fourth-order valence-corrected chi connectivity index (χ4v) is 6.69. The van der Waals surface area contributed by atoms with Gasteiger partial charge in [0, 0.05) is 61.3 Å². The molecule has 1 aliphatic rings. The molecule has 1 fully saturated rings. The number of carbonyl (C=O) groups excluding carboxylic acids is 2. The minimum atomic E-state index is -1.07. The Morgan fingerprint density at radius 3 is 2.54 bits per heavy atom. The van der Waals surface area contributed by atoms with Crippen molar-refractivity contribution in [1.82, 2.24) is 19.3 Å². The lowest BCUT2D eigenvalue weighted by atomic mass is 9.93. The summed E-state index contributed by atoms with van der Waals surface area (Å²) in [6.07, 6.45) is 14.6. The van der Waals surface area contributed by atoms with Crippen LogP contribution in [-0.4, -0.2) is 51.4 Å². The van der Waals surface area contributed by atoms with Crippen molar-refractivity contribution in [2.45, 2.75) is 44.8 Å². The van der Waals surface area contributed by atoms with E-state index in [1.807, 2.05) is 30.7 Å². The van der Waals surface area contributed by atoms with Crippen LogP contribution in [0.4, 0.5) is 14.5 Å². The fourth-order valence-electron chi connectivity index (χ4n) is 6.35. The number of benzene rings is 2. The van der Waals surface area contributed by atoms with Crippen molar-refractivity contribution in [3.05, 3.63) is 100 Å². The molecule has 2 aromatic carbocycles. The van der Waals surface area contributed by atoms with Gasteiger partial charge in [-0.1, -0.05) is 29.7 Å². The Morgan fingerprint density at radius 2 is 1.85 bits per heavy atom. The number of amides is 1. The molecule has 246 valence electrons. The van der Waals surface area contributed by atoms with Crippen LogP contribution in [0.15, 0.2) is 60.8 Å². The Kier molecular flexibility index (Phi) is 9.47. The number of nitrogens with zero attached hydrogens (tertiary/aromatic N) is 3. The van der Waals surface area contributed by atoms with Gasteiger partial charge in [0.25, 0.3) is 0 Å². The molecule has 0 atom stereocenters. The largest absolute Gasteiger partial charge is 0.381 e. The summed E-state index contributed by atoms with van der Waals surface area (Å²) in [5, 5.41) is 5.98. The van der Waals surface area contributed by atoms with E-state index in [1.165, 1.54) is 6.08 Å². The summed E-state index contributed by atoms with van der Waals surface area (Å²) in [5.74, 6) is 0.0412. The van der Waals surface area contributed by atoms with Gasteiger partial charge in [-0.25, -0.2) is 13.8 Å². The molecule has 0 saturated heterocycles. The number of fused-ring (bicyclic) bond motifs is 2. The van der Waals surface area contributed by atoms with Gasteiger partial charge in [-0.2, -0.15) is 0 Å². The van der Waals surface area contributed by atoms with Crippen molar-refractivity contribution in [3.63, 3.8) is 0 Å². The van der Waals surface area contributed by atoms with E-state index in [-0.39, 0.29) is 17.4 Å². The number of ether oxygens (including phenoxy) is 1. The van der Waals surface area contributed by atoms with Gasteiger partial charge in [0.1, 0.15) is 28.7 Å². The number of ketones is 1. The van der Waals surface area contributed by atoms with E-state index in [4.69, 9.17) is 22.8 Å². The topological polar surface area (TPSA) is 89.7 Å². The number of nitrogens with one attached hydrogen (secondary N) is 2. The normalized spacial score (nSPS) is 16.5. The quantitative estimate of drug-likeness (QED) is 0.100. The number of methoxy groups -OCH3 is 1. The lowest BCUT2D eigenvalue weighted by molar-refractivity contribution is -0.112. The summed E-state index contributed by atoms with van der Waals surface area (Å²) in [5.41, 5.74) is 3.12. The SMILES string of the molecule is C#Cc1cc2c(nc(C)n2C)c(Cl)c1-c1cccn2c(C(=O)c3cc(F)c(NC(=O)/C=C/CNC4CCC(OC)CC4)c(F)c3)ccc12. The van der Waals surface area contributed by atoms with Crippen LogP contribution in [0.2, 0.25) is 5.02 Å². The van der Waals surface area contributed by atoms with Gasteiger partial charge in [0.05, 0.1) is 27.9 Å². The van der Waals surface area contributed by atoms with Crippen LogP contribution in [0.1, 0.15) is 53.1 Å². The van der Waals surface area contributed by atoms with Crippen LogP contribution in [0.25, 0.3) is 27.7 Å². The summed E-state index contributed by atoms with van der Waals surface area (Å²) < 4.78 is 39.2. The van der Waals surface area contributed by atoms with Crippen molar-refractivity contribution >= 4 is 45.5 Å².